The van der Waals surface area contributed by atoms with Gasteiger partial charge in [-0.05, 0) is 53.7 Å². The second-order valence-corrected chi connectivity index (χ2v) is 6.65. The molecule has 0 aliphatic rings. The first-order valence-corrected chi connectivity index (χ1v) is 7.84. The molecule has 0 amide bonds. The Morgan fingerprint density at radius 3 is 2.39 bits per heavy atom. The molecule has 2 heterocycles. The summed E-state index contributed by atoms with van der Waals surface area (Å²) in [6.07, 6.45) is 0. The van der Waals surface area contributed by atoms with Gasteiger partial charge in [-0.25, -0.2) is 9.97 Å². The Kier molecular flexibility index (Phi) is 4.52. The summed E-state index contributed by atoms with van der Waals surface area (Å²) in [4.78, 5) is 8.69. The molecule has 0 spiro atoms. The molecule has 0 atom stereocenters. The third-order valence-corrected chi connectivity index (χ3v) is 5.24. The first-order chi connectivity index (χ1) is 8.40. The Bertz CT molecular complexity index is 579. The lowest BCUT2D eigenvalue weighted by atomic mass is 10.1. The standard InChI is InChI=1S/C11H8Br3ClN2O/c1-4(2)8-7(13)10(15)17-11(16-8)6-3-5(12)9(14)18-6/h3-4H,1-2H3. The van der Waals surface area contributed by atoms with Crippen molar-refractivity contribution in [1.82, 2.24) is 9.97 Å². The first-order valence-electron chi connectivity index (χ1n) is 5.08. The number of hydrogen-bond acceptors (Lipinski definition) is 3. The molecule has 2 aromatic rings. The molecule has 0 unspecified atom stereocenters. The largest absolute Gasteiger partial charge is 0.445 e. The number of halogens is 4. The van der Waals surface area contributed by atoms with Crippen LogP contribution in [0.3, 0.4) is 0 Å². The van der Waals surface area contributed by atoms with Crippen LogP contribution >= 0.6 is 59.4 Å². The third-order valence-electron chi connectivity index (χ3n) is 2.25. The van der Waals surface area contributed by atoms with E-state index in [1.807, 2.05) is 13.8 Å². The Labute approximate surface area is 135 Å². The van der Waals surface area contributed by atoms with Gasteiger partial charge in [0.05, 0.1) is 14.6 Å². The highest BCUT2D eigenvalue weighted by molar-refractivity contribution is 9.13. The van der Waals surface area contributed by atoms with E-state index >= 15 is 0 Å². The molecule has 0 fully saturated rings. The number of furan rings is 1. The molecule has 0 N–H and O–H groups in total. The van der Waals surface area contributed by atoms with Crippen LogP contribution in [0.1, 0.15) is 25.5 Å². The van der Waals surface area contributed by atoms with Crippen molar-refractivity contribution in [3.05, 3.63) is 30.5 Å². The second kappa shape index (κ2) is 5.61. The fourth-order valence-corrected chi connectivity index (χ4v) is 2.78. The fraction of sp³-hybridized carbons (Fsp3) is 0.273. The molecular weight excluding hydrogens is 451 g/mol. The van der Waals surface area contributed by atoms with Crippen LogP contribution in [0.4, 0.5) is 0 Å². The monoisotopic (exact) mass is 456 g/mol. The van der Waals surface area contributed by atoms with E-state index in [0.29, 0.717) is 21.4 Å². The summed E-state index contributed by atoms with van der Waals surface area (Å²) in [6.45, 7) is 4.09. The van der Waals surface area contributed by atoms with E-state index < -0.39 is 0 Å². The minimum absolute atomic E-state index is 0.237. The SMILES string of the molecule is CC(C)c1nc(-c2cc(Br)c(Br)o2)nc(Cl)c1Br. The molecule has 7 heteroatoms. The van der Waals surface area contributed by atoms with Crippen LogP contribution in [-0.2, 0) is 0 Å². The van der Waals surface area contributed by atoms with Gasteiger partial charge in [-0.15, -0.1) is 0 Å². The van der Waals surface area contributed by atoms with Crippen LogP contribution < -0.4 is 0 Å². The number of rotatable bonds is 2. The van der Waals surface area contributed by atoms with Crippen molar-refractivity contribution >= 4 is 59.4 Å². The van der Waals surface area contributed by atoms with Crippen molar-refractivity contribution < 1.29 is 4.42 Å². The molecule has 0 aromatic carbocycles. The van der Waals surface area contributed by atoms with Gasteiger partial charge in [-0.1, -0.05) is 25.4 Å². The normalized spacial score (nSPS) is 11.3. The minimum atomic E-state index is 0.237. The predicted molar refractivity (Wildman–Crippen MR) is 81.9 cm³/mol. The van der Waals surface area contributed by atoms with Gasteiger partial charge in [0.2, 0.25) is 0 Å². The molecule has 0 saturated heterocycles. The van der Waals surface area contributed by atoms with Crippen molar-refractivity contribution in [1.29, 1.82) is 0 Å². The molecule has 0 saturated carbocycles. The van der Waals surface area contributed by atoms with Gasteiger partial charge >= 0.3 is 0 Å². The van der Waals surface area contributed by atoms with Gasteiger partial charge in [0.25, 0.3) is 0 Å². The van der Waals surface area contributed by atoms with Gasteiger partial charge in [-0.2, -0.15) is 0 Å². The van der Waals surface area contributed by atoms with Gasteiger partial charge in [-0.3, -0.25) is 0 Å². The average Bonchev–Trinajstić information content (AvgIpc) is 2.62. The van der Waals surface area contributed by atoms with E-state index in [2.05, 4.69) is 57.8 Å². The second-order valence-electron chi connectivity index (χ2n) is 3.92. The molecule has 2 aromatic heterocycles. The van der Waals surface area contributed by atoms with E-state index in [0.717, 1.165) is 14.6 Å². The van der Waals surface area contributed by atoms with Crippen molar-refractivity contribution in [2.24, 2.45) is 0 Å². The smallest absolute Gasteiger partial charge is 0.197 e. The topological polar surface area (TPSA) is 38.9 Å². The highest BCUT2D eigenvalue weighted by Gasteiger charge is 2.17. The van der Waals surface area contributed by atoms with E-state index in [9.17, 15) is 0 Å². The number of nitrogens with zero attached hydrogens (tertiary/aromatic N) is 2. The van der Waals surface area contributed by atoms with Crippen LogP contribution in [0, 0.1) is 0 Å². The van der Waals surface area contributed by atoms with Crippen LogP contribution in [-0.4, -0.2) is 9.97 Å². The van der Waals surface area contributed by atoms with Gasteiger partial charge < -0.3 is 4.42 Å². The van der Waals surface area contributed by atoms with Crippen LogP contribution in [0.25, 0.3) is 11.6 Å². The number of hydrogen-bond donors (Lipinski definition) is 0. The summed E-state index contributed by atoms with van der Waals surface area (Å²) in [5.41, 5.74) is 0.855. The quantitative estimate of drug-likeness (QED) is 0.533. The van der Waals surface area contributed by atoms with E-state index in [-0.39, 0.29) is 5.92 Å². The molecular formula is C11H8Br3ClN2O. The highest BCUT2D eigenvalue weighted by Crippen LogP contribution is 2.35. The minimum Gasteiger partial charge on any atom is -0.445 e. The Hall–Kier alpha value is 0.0900. The zero-order valence-corrected chi connectivity index (χ0v) is 15.0. The fourth-order valence-electron chi connectivity index (χ4n) is 1.39. The summed E-state index contributed by atoms with van der Waals surface area (Å²) >= 11 is 16.1. The molecule has 96 valence electrons. The highest BCUT2D eigenvalue weighted by atomic mass is 79.9. The van der Waals surface area contributed by atoms with Crippen molar-refractivity contribution in [2.75, 3.05) is 0 Å². The predicted octanol–water partition coefficient (Wildman–Crippen LogP) is 5.80. The molecule has 0 radical (unpaired) electrons. The average molecular weight is 459 g/mol. The van der Waals surface area contributed by atoms with Crippen LogP contribution in [0.15, 0.2) is 24.1 Å². The molecule has 3 nitrogen and oxygen atoms in total. The van der Waals surface area contributed by atoms with Gasteiger partial charge in [0.1, 0.15) is 5.15 Å². The summed E-state index contributed by atoms with van der Waals surface area (Å²) in [5.74, 6) is 1.27. The van der Waals surface area contributed by atoms with Crippen molar-refractivity contribution in [2.45, 2.75) is 19.8 Å². The molecule has 0 bridgehead atoms. The molecule has 18 heavy (non-hydrogen) atoms. The summed E-state index contributed by atoms with van der Waals surface area (Å²) < 4.78 is 7.64. The lowest BCUT2D eigenvalue weighted by Crippen LogP contribution is -1.99. The summed E-state index contributed by atoms with van der Waals surface area (Å²) in [6, 6.07) is 1.80. The first kappa shape index (κ1) is 14.5. The Morgan fingerprint density at radius 2 is 1.89 bits per heavy atom. The zero-order chi connectivity index (χ0) is 13.4. The van der Waals surface area contributed by atoms with Crippen LogP contribution in [0.2, 0.25) is 5.15 Å². The van der Waals surface area contributed by atoms with Gasteiger partial charge in [0, 0.05) is 6.07 Å². The molecule has 0 aliphatic heterocycles. The lowest BCUT2D eigenvalue weighted by Gasteiger charge is -2.09. The third kappa shape index (κ3) is 2.81. The van der Waals surface area contributed by atoms with E-state index in [4.69, 9.17) is 16.0 Å². The van der Waals surface area contributed by atoms with Crippen molar-refractivity contribution in [3.8, 4) is 11.6 Å². The van der Waals surface area contributed by atoms with E-state index in [1.54, 1.807) is 6.07 Å². The van der Waals surface area contributed by atoms with Crippen LogP contribution in [0.5, 0.6) is 0 Å². The molecule has 0 aliphatic carbocycles. The van der Waals surface area contributed by atoms with Crippen molar-refractivity contribution in [3.63, 3.8) is 0 Å². The molecule has 2 rings (SSSR count). The van der Waals surface area contributed by atoms with Gasteiger partial charge in [0.15, 0.2) is 16.3 Å². The Balaban J connectivity index is 2.58. The summed E-state index contributed by atoms with van der Waals surface area (Å²) in [5, 5.41) is 0.382. The summed E-state index contributed by atoms with van der Waals surface area (Å²) in [7, 11) is 0. The maximum atomic E-state index is 6.10. The lowest BCUT2D eigenvalue weighted by molar-refractivity contribution is 0.548. The van der Waals surface area contributed by atoms with E-state index in [1.165, 1.54) is 0 Å². The Morgan fingerprint density at radius 1 is 1.22 bits per heavy atom. The maximum Gasteiger partial charge on any atom is 0.197 e. The zero-order valence-electron chi connectivity index (χ0n) is 9.47. The number of aromatic nitrogens is 2. The maximum absolute atomic E-state index is 6.10.